The molecule has 7 heteroatoms. The minimum absolute atomic E-state index is 0.317. The molecule has 0 spiro atoms. The Kier molecular flexibility index (Phi) is 4.99. The van der Waals surface area contributed by atoms with Gasteiger partial charge in [0.1, 0.15) is 17.6 Å². The monoisotopic (exact) mass is 291 g/mol. The maximum Gasteiger partial charge on any atom is 0.191 e. The molecule has 0 aromatic carbocycles. The van der Waals surface area contributed by atoms with Crippen molar-refractivity contribution in [1.82, 2.24) is 20.4 Å². The number of aliphatic imine (C=N–C) groups is 1. The van der Waals surface area contributed by atoms with E-state index in [9.17, 15) is 5.11 Å². The fraction of sp³-hybridized carbons (Fsp3) is 0.429. The summed E-state index contributed by atoms with van der Waals surface area (Å²) in [6.07, 6.45) is 1.03. The number of furan rings is 1. The molecule has 1 atom stereocenters. The average molecular weight is 291 g/mol. The molecule has 1 unspecified atom stereocenters. The fourth-order valence-electron chi connectivity index (χ4n) is 1.90. The number of aliphatic hydroxyl groups is 1. The van der Waals surface area contributed by atoms with Gasteiger partial charge in [0.25, 0.3) is 0 Å². The van der Waals surface area contributed by atoms with Gasteiger partial charge >= 0.3 is 0 Å². The van der Waals surface area contributed by atoms with Gasteiger partial charge in [-0.2, -0.15) is 5.10 Å². The van der Waals surface area contributed by atoms with Crippen molar-refractivity contribution in [2.24, 2.45) is 12.0 Å². The zero-order valence-corrected chi connectivity index (χ0v) is 12.5. The zero-order valence-electron chi connectivity index (χ0n) is 12.5. The Morgan fingerprint density at radius 2 is 2.24 bits per heavy atom. The number of nitrogens with one attached hydrogen (secondary N) is 2. The third-order valence-electron chi connectivity index (χ3n) is 3.14. The van der Waals surface area contributed by atoms with Crippen LogP contribution in [0.4, 0.5) is 0 Å². The van der Waals surface area contributed by atoms with Gasteiger partial charge in [-0.15, -0.1) is 0 Å². The highest BCUT2D eigenvalue weighted by atomic mass is 16.4. The molecule has 0 saturated carbocycles. The number of hydrogen-bond acceptors (Lipinski definition) is 4. The topological polar surface area (TPSA) is 87.6 Å². The SMILES string of the molecule is CN=C(NCc1ccnn1C)NCC(O)c1ccc(C)o1. The highest BCUT2D eigenvalue weighted by Crippen LogP contribution is 2.14. The van der Waals surface area contributed by atoms with E-state index in [1.165, 1.54) is 0 Å². The van der Waals surface area contributed by atoms with Gasteiger partial charge in [-0.25, -0.2) is 0 Å². The molecule has 0 aliphatic heterocycles. The van der Waals surface area contributed by atoms with Gasteiger partial charge in [0.2, 0.25) is 0 Å². The van der Waals surface area contributed by atoms with Crippen LogP contribution in [0, 0.1) is 6.92 Å². The van der Waals surface area contributed by atoms with Crippen molar-refractivity contribution in [2.75, 3.05) is 13.6 Å². The highest BCUT2D eigenvalue weighted by Gasteiger charge is 2.12. The van der Waals surface area contributed by atoms with Gasteiger partial charge in [0.15, 0.2) is 5.96 Å². The number of aliphatic hydroxyl groups excluding tert-OH is 1. The molecule has 0 aliphatic rings. The lowest BCUT2D eigenvalue weighted by molar-refractivity contribution is 0.151. The van der Waals surface area contributed by atoms with Crippen LogP contribution in [-0.4, -0.2) is 34.4 Å². The number of nitrogens with zero attached hydrogens (tertiary/aromatic N) is 3. The first kappa shape index (κ1) is 15.1. The Hall–Kier alpha value is -2.28. The van der Waals surface area contributed by atoms with Crippen LogP contribution >= 0.6 is 0 Å². The zero-order chi connectivity index (χ0) is 15.2. The second-order valence-corrected chi connectivity index (χ2v) is 4.72. The maximum atomic E-state index is 10.0. The molecule has 0 amide bonds. The van der Waals surface area contributed by atoms with Crippen molar-refractivity contribution in [3.8, 4) is 0 Å². The molecule has 7 nitrogen and oxygen atoms in total. The van der Waals surface area contributed by atoms with Crippen molar-refractivity contribution in [3.05, 3.63) is 41.6 Å². The van der Waals surface area contributed by atoms with Crippen molar-refractivity contribution in [3.63, 3.8) is 0 Å². The predicted octanol–water partition coefficient (Wildman–Crippen LogP) is 0.720. The first-order valence-electron chi connectivity index (χ1n) is 6.76. The van der Waals surface area contributed by atoms with Gasteiger partial charge < -0.3 is 20.2 Å². The third kappa shape index (κ3) is 4.09. The average Bonchev–Trinajstić information content (AvgIpc) is 3.08. The van der Waals surface area contributed by atoms with Crippen LogP contribution in [0.3, 0.4) is 0 Å². The van der Waals surface area contributed by atoms with E-state index >= 15 is 0 Å². The Morgan fingerprint density at radius 1 is 1.43 bits per heavy atom. The molecule has 0 fully saturated rings. The normalized spacial score (nSPS) is 13.2. The Bertz CT molecular complexity index is 602. The molecule has 3 N–H and O–H groups in total. The summed E-state index contributed by atoms with van der Waals surface area (Å²) >= 11 is 0. The molecule has 0 saturated heterocycles. The van der Waals surface area contributed by atoms with Crippen molar-refractivity contribution < 1.29 is 9.52 Å². The Balaban J connectivity index is 1.81. The van der Waals surface area contributed by atoms with Gasteiger partial charge in [0, 0.05) is 20.3 Å². The third-order valence-corrected chi connectivity index (χ3v) is 3.14. The van der Waals surface area contributed by atoms with Gasteiger partial charge in [-0.1, -0.05) is 0 Å². The predicted molar refractivity (Wildman–Crippen MR) is 79.8 cm³/mol. The molecule has 2 heterocycles. The van der Waals surface area contributed by atoms with Crippen LogP contribution in [0.15, 0.2) is 33.8 Å². The number of aryl methyl sites for hydroxylation is 2. The van der Waals surface area contributed by atoms with E-state index in [4.69, 9.17) is 4.42 Å². The molecule has 114 valence electrons. The van der Waals surface area contributed by atoms with E-state index in [0.717, 1.165) is 11.5 Å². The molecular formula is C14H21N5O2. The lowest BCUT2D eigenvalue weighted by Gasteiger charge is -2.14. The summed E-state index contributed by atoms with van der Waals surface area (Å²) in [6.45, 7) is 2.77. The first-order valence-corrected chi connectivity index (χ1v) is 6.76. The van der Waals surface area contributed by atoms with Crippen molar-refractivity contribution >= 4 is 5.96 Å². The quantitative estimate of drug-likeness (QED) is 0.558. The van der Waals surface area contributed by atoms with Gasteiger partial charge in [-0.05, 0) is 25.1 Å². The summed E-state index contributed by atoms with van der Waals surface area (Å²) < 4.78 is 7.18. The highest BCUT2D eigenvalue weighted by molar-refractivity contribution is 5.79. The Morgan fingerprint density at radius 3 is 2.81 bits per heavy atom. The number of aromatic nitrogens is 2. The summed E-state index contributed by atoms with van der Waals surface area (Å²) in [4.78, 5) is 4.11. The summed E-state index contributed by atoms with van der Waals surface area (Å²) in [7, 11) is 3.57. The molecule has 0 aliphatic carbocycles. The Labute approximate surface area is 123 Å². The second kappa shape index (κ2) is 6.94. The molecule has 21 heavy (non-hydrogen) atoms. The van der Waals surface area contributed by atoms with Gasteiger partial charge in [-0.3, -0.25) is 9.67 Å². The van der Waals surface area contributed by atoms with Crippen LogP contribution in [0.1, 0.15) is 23.3 Å². The van der Waals surface area contributed by atoms with Crippen molar-refractivity contribution in [2.45, 2.75) is 19.6 Å². The van der Waals surface area contributed by atoms with E-state index in [1.807, 2.05) is 26.1 Å². The van der Waals surface area contributed by atoms with E-state index in [0.29, 0.717) is 24.8 Å². The molecule has 2 aromatic rings. The molecule has 2 aromatic heterocycles. The number of guanidine groups is 1. The van der Waals surface area contributed by atoms with Gasteiger partial charge in [0.05, 0.1) is 18.8 Å². The first-order chi connectivity index (χ1) is 10.1. The van der Waals surface area contributed by atoms with Crippen LogP contribution in [0.2, 0.25) is 0 Å². The smallest absolute Gasteiger partial charge is 0.191 e. The standard InChI is InChI=1S/C14H21N5O2/c1-10-4-5-13(21-10)12(20)9-17-14(15-2)16-8-11-6-7-18-19(11)3/h4-7,12,20H,8-9H2,1-3H3,(H2,15,16,17). The molecule has 2 rings (SSSR count). The summed E-state index contributed by atoms with van der Waals surface area (Å²) in [6, 6.07) is 5.53. The van der Waals surface area contributed by atoms with Crippen LogP contribution in [0.25, 0.3) is 0 Å². The summed E-state index contributed by atoms with van der Waals surface area (Å²) in [5.74, 6) is 1.93. The minimum atomic E-state index is -0.714. The van der Waals surface area contributed by atoms with E-state index in [2.05, 4.69) is 20.7 Å². The van der Waals surface area contributed by atoms with Crippen LogP contribution < -0.4 is 10.6 Å². The summed E-state index contributed by atoms with van der Waals surface area (Å²) in [5, 5.41) is 20.3. The summed E-state index contributed by atoms with van der Waals surface area (Å²) in [5.41, 5.74) is 1.04. The molecular weight excluding hydrogens is 270 g/mol. The lowest BCUT2D eigenvalue weighted by atomic mass is 10.3. The molecule has 0 radical (unpaired) electrons. The van der Waals surface area contributed by atoms with E-state index < -0.39 is 6.10 Å². The number of hydrogen-bond donors (Lipinski definition) is 3. The van der Waals surface area contributed by atoms with Crippen molar-refractivity contribution in [1.29, 1.82) is 0 Å². The van der Waals surface area contributed by atoms with Crippen LogP contribution in [0.5, 0.6) is 0 Å². The van der Waals surface area contributed by atoms with E-state index in [1.54, 1.807) is 24.0 Å². The largest absolute Gasteiger partial charge is 0.464 e. The maximum absolute atomic E-state index is 10.0. The van der Waals surface area contributed by atoms with E-state index in [-0.39, 0.29) is 0 Å². The number of rotatable bonds is 5. The fourth-order valence-corrected chi connectivity index (χ4v) is 1.90. The lowest BCUT2D eigenvalue weighted by Crippen LogP contribution is -2.39. The molecule has 0 bridgehead atoms. The van der Waals surface area contributed by atoms with Crippen LogP contribution in [-0.2, 0) is 13.6 Å². The minimum Gasteiger partial charge on any atom is -0.464 e. The second-order valence-electron chi connectivity index (χ2n) is 4.72.